The van der Waals surface area contributed by atoms with Crippen LogP contribution < -0.4 is 5.32 Å². The molecule has 7 nitrogen and oxygen atoms in total. The highest BCUT2D eigenvalue weighted by molar-refractivity contribution is 5.92. The average molecular weight is 397 g/mol. The van der Waals surface area contributed by atoms with E-state index < -0.39 is 42.0 Å². The zero-order chi connectivity index (χ0) is 21.0. The normalized spacial score (nSPS) is 19.8. The second kappa shape index (κ2) is 8.87. The Morgan fingerprint density at radius 3 is 2.14 bits per heavy atom. The number of carboxylic acids is 2. The van der Waals surface area contributed by atoms with Gasteiger partial charge in [0.15, 0.2) is 12.2 Å². The highest BCUT2D eigenvalue weighted by Crippen LogP contribution is 2.24. The van der Waals surface area contributed by atoms with Gasteiger partial charge in [-0.3, -0.25) is 9.59 Å². The molecular weight excluding hydrogens is 374 g/mol. The standard InChI is InChI=1S/C22H23NO6/c1-13(21(25)26)11-17(23-20(24)18-19(29-18)22(27)28)12-14-7-9-16(10-8-14)15-5-3-2-4-6-15/h2-10,13,17-19H,11-12H2,1H3,(H,23,24)(H,25,26)(H,27,28)/t13-,17?,18+,19-/m1/s1. The van der Waals surface area contributed by atoms with Crippen molar-refractivity contribution in [3.05, 3.63) is 60.2 Å². The summed E-state index contributed by atoms with van der Waals surface area (Å²) >= 11 is 0. The fourth-order valence-corrected chi connectivity index (χ4v) is 3.25. The summed E-state index contributed by atoms with van der Waals surface area (Å²) in [6, 6.07) is 17.3. The average Bonchev–Trinajstić information content (AvgIpc) is 3.50. The van der Waals surface area contributed by atoms with Crippen LogP contribution in [-0.4, -0.2) is 46.3 Å². The van der Waals surface area contributed by atoms with Crippen molar-refractivity contribution in [3.63, 3.8) is 0 Å². The number of carbonyl (C=O) groups excluding carboxylic acids is 1. The number of carbonyl (C=O) groups is 3. The summed E-state index contributed by atoms with van der Waals surface area (Å²) in [7, 11) is 0. The van der Waals surface area contributed by atoms with E-state index in [9.17, 15) is 19.5 Å². The summed E-state index contributed by atoms with van der Waals surface area (Å²) in [5, 5.41) is 20.9. The molecule has 3 N–H and O–H groups in total. The molecule has 0 radical (unpaired) electrons. The van der Waals surface area contributed by atoms with Crippen molar-refractivity contribution in [2.24, 2.45) is 5.92 Å². The Kier molecular flexibility index (Phi) is 6.29. The Labute approximate surface area is 168 Å². The Hall–Kier alpha value is -3.19. The van der Waals surface area contributed by atoms with Gasteiger partial charge in [0.25, 0.3) is 5.91 Å². The molecule has 4 atom stereocenters. The summed E-state index contributed by atoms with van der Waals surface area (Å²) in [6.07, 6.45) is -1.48. The first-order valence-electron chi connectivity index (χ1n) is 9.41. The van der Waals surface area contributed by atoms with Crippen molar-refractivity contribution in [2.75, 3.05) is 0 Å². The van der Waals surface area contributed by atoms with Gasteiger partial charge in [0.05, 0.1) is 5.92 Å². The molecule has 2 aromatic carbocycles. The van der Waals surface area contributed by atoms with Gasteiger partial charge in [0.1, 0.15) is 0 Å². The second-order valence-electron chi connectivity index (χ2n) is 7.26. The van der Waals surface area contributed by atoms with Crippen LogP contribution >= 0.6 is 0 Å². The molecule has 1 aliphatic heterocycles. The lowest BCUT2D eigenvalue weighted by Gasteiger charge is -2.20. The number of rotatable bonds is 9. The van der Waals surface area contributed by atoms with E-state index in [-0.39, 0.29) is 6.42 Å². The van der Waals surface area contributed by atoms with Crippen molar-refractivity contribution in [1.29, 1.82) is 0 Å². The third-order valence-electron chi connectivity index (χ3n) is 4.94. The minimum absolute atomic E-state index is 0.228. The Bertz CT molecular complexity index is 880. The number of carboxylic acid groups (broad SMARTS) is 2. The molecule has 3 rings (SSSR count). The Balaban J connectivity index is 1.68. The van der Waals surface area contributed by atoms with Crippen molar-refractivity contribution >= 4 is 17.8 Å². The summed E-state index contributed by atoms with van der Waals surface area (Å²) < 4.78 is 4.88. The van der Waals surface area contributed by atoms with Crippen LogP contribution in [0.2, 0.25) is 0 Å². The van der Waals surface area contributed by atoms with Gasteiger partial charge in [-0.15, -0.1) is 0 Å². The molecule has 0 aromatic heterocycles. The zero-order valence-electron chi connectivity index (χ0n) is 15.9. The first-order chi connectivity index (χ1) is 13.8. The molecule has 2 aromatic rings. The number of benzene rings is 2. The van der Waals surface area contributed by atoms with Gasteiger partial charge in [-0.05, 0) is 29.5 Å². The maximum atomic E-state index is 12.3. The smallest absolute Gasteiger partial charge is 0.336 e. The lowest BCUT2D eigenvalue weighted by atomic mass is 9.94. The van der Waals surface area contributed by atoms with E-state index in [1.807, 2.05) is 54.6 Å². The number of amides is 1. The minimum atomic E-state index is -1.18. The first kappa shape index (κ1) is 20.5. The van der Waals surface area contributed by atoms with Gasteiger partial charge >= 0.3 is 11.9 Å². The van der Waals surface area contributed by atoms with Gasteiger partial charge in [-0.1, -0.05) is 61.5 Å². The van der Waals surface area contributed by atoms with E-state index in [0.29, 0.717) is 6.42 Å². The molecule has 29 heavy (non-hydrogen) atoms. The van der Waals surface area contributed by atoms with Crippen LogP contribution in [0.15, 0.2) is 54.6 Å². The SMILES string of the molecule is C[C@H](CC(Cc1ccc(-c2ccccc2)cc1)NC(=O)[C@H]1O[C@H]1C(=O)O)C(=O)O. The zero-order valence-corrected chi connectivity index (χ0v) is 15.9. The van der Waals surface area contributed by atoms with Gasteiger partial charge in [0, 0.05) is 6.04 Å². The molecule has 0 bridgehead atoms. The lowest BCUT2D eigenvalue weighted by Crippen LogP contribution is -2.41. The van der Waals surface area contributed by atoms with Gasteiger partial charge in [-0.25, -0.2) is 4.79 Å². The minimum Gasteiger partial charge on any atom is -0.481 e. The van der Waals surface area contributed by atoms with E-state index in [1.54, 1.807) is 6.92 Å². The maximum Gasteiger partial charge on any atom is 0.336 e. The van der Waals surface area contributed by atoms with E-state index in [1.165, 1.54) is 0 Å². The predicted octanol–water partition coefficient (Wildman–Crippen LogP) is 2.34. The van der Waals surface area contributed by atoms with E-state index in [0.717, 1.165) is 16.7 Å². The van der Waals surface area contributed by atoms with Gasteiger partial charge in [-0.2, -0.15) is 0 Å². The molecule has 0 saturated carbocycles. The highest BCUT2D eigenvalue weighted by Gasteiger charge is 2.51. The Morgan fingerprint density at radius 2 is 1.59 bits per heavy atom. The van der Waals surface area contributed by atoms with Gasteiger partial charge < -0.3 is 20.3 Å². The maximum absolute atomic E-state index is 12.3. The number of hydrogen-bond acceptors (Lipinski definition) is 4. The number of nitrogens with one attached hydrogen (secondary N) is 1. The number of aliphatic carboxylic acids is 2. The van der Waals surface area contributed by atoms with Crippen LogP contribution in [0.4, 0.5) is 0 Å². The highest BCUT2D eigenvalue weighted by atomic mass is 16.6. The molecule has 1 aliphatic rings. The largest absolute Gasteiger partial charge is 0.481 e. The molecular formula is C22H23NO6. The second-order valence-corrected chi connectivity index (χ2v) is 7.26. The van der Waals surface area contributed by atoms with Crippen LogP contribution in [0.25, 0.3) is 11.1 Å². The molecule has 152 valence electrons. The number of ether oxygens (including phenoxy) is 1. The molecule has 1 amide bonds. The Morgan fingerprint density at radius 1 is 0.966 bits per heavy atom. The van der Waals surface area contributed by atoms with E-state index >= 15 is 0 Å². The molecule has 7 heteroatoms. The summed E-state index contributed by atoms with van der Waals surface area (Å²) in [4.78, 5) is 34.4. The fourth-order valence-electron chi connectivity index (χ4n) is 3.25. The van der Waals surface area contributed by atoms with Crippen molar-refractivity contribution in [2.45, 2.75) is 38.0 Å². The van der Waals surface area contributed by atoms with Crippen LogP contribution in [-0.2, 0) is 25.5 Å². The predicted molar refractivity (Wildman–Crippen MR) is 105 cm³/mol. The quantitative estimate of drug-likeness (QED) is 0.559. The fraction of sp³-hybridized carbons (Fsp3) is 0.318. The van der Waals surface area contributed by atoms with Crippen LogP contribution in [0.1, 0.15) is 18.9 Å². The van der Waals surface area contributed by atoms with Crippen LogP contribution in [0, 0.1) is 5.92 Å². The molecule has 1 fully saturated rings. The third-order valence-corrected chi connectivity index (χ3v) is 4.94. The van der Waals surface area contributed by atoms with E-state index in [2.05, 4.69) is 5.32 Å². The number of epoxide rings is 1. The van der Waals surface area contributed by atoms with Crippen molar-refractivity contribution in [3.8, 4) is 11.1 Å². The molecule has 1 saturated heterocycles. The van der Waals surface area contributed by atoms with Crippen molar-refractivity contribution < 1.29 is 29.3 Å². The molecule has 1 unspecified atom stereocenters. The van der Waals surface area contributed by atoms with Crippen molar-refractivity contribution in [1.82, 2.24) is 5.32 Å². The lowest BCUT2D eigenvalue weighted by molar-refractivity contribution is -0.142. The molecule has 1 heterocycles. The molecule has 0 spiro atoms. The monoisotopic (exact) mass is 397 g/mol. The summed E-state index contributed by atoms with van der Waals surface area (Å²) in [5.41, 5.74) is 3.09. The van der Waals surface area contributed by atoms with E-state index in [4.69, 9.17) is 9.84 Å². The summed E-state index contributed by atoms with van der Waals surface area (Å²) in [5.74, 6) is -3.31. The summed E-state index contributed by atoms with van der Waals surface area (Å²) in [6.45, 7) is 1.58. The topological polar surface area (TPSA) is 116 Å². The third kappa shape index (κ3) is 5.42. The number of hydrogen-bond donors (Lipinski definition) is 3. The first-order valence-corrected chi connectivity index (χ1v) is 9.41. The van der Waals surface area contributed by atoms with Gasteiger partial charge in [0.2, 0.25) is 0 Å². The molecule has 0 aliphatic carbocycles. The van der Waals surface area contributed by atoms with Crippen LogP contribution in [0.3, 0.4) is 0 Å². The van der Waals surface area contributed by atoms with Crippen LogP contribution in [0.5, 0.6) is 0 Å².